The number of alkyl halides is 3. The fraction of sp³-hybridized carbons (Fsp3) is 0.250. The Bertz CT molecular complexity index is 337. The van der Waals surface area contributed by atoms with Gasteiger partial charge in [0.1, 0.15) is 5.82 Å². The van der Waals surface area contributed by atoms with E-state index in [9.17, 15) is 17.6 Å². The third-order valence-corrected chi connectivity index (χ3v) is 2.21. The van der Waals surface area contributed by atoms with E-state index in [-0.39, 0.29) is 4.47 Å². The molecule has 0 unspecified atom stereocenters. The number of rotatable bonds is 1. The predicted molar refractivity (Wildman–Crippen MR) is 45.1 cm³/mol. The molecule has 1 N–H and O–H groups in total. The highest BCUT2D eigenvalue weighted by Crippen LogP contribution is 2.33. The molecule has 0 aliphatic heterocycles. The van der Waals surface area contributed by atoms with Crippen LogP contribution in [0.15, 0.2) is 22.7 Å². The van der Waals surface area contributed by atoms with Gasteiger partial charge in [0.05, 0.1) is 4.47 Å². The average molecular weight is 273 g/mol. The summed E-state index contributed by atoms with van der Waals surface area (Å²) in [7, 11) is 0. The largest absolute Gasteiger partial charge is 0.418 e. The molecule has 0 saturated carbocycles. The average Bonchev–Trinajstić information content (AvgIpc) is 2.07. The SMILES string of the molecule is O[C@@H](c1ccc(Br)c(F)c1)C(F)(F)F. The van der Waals surface area contributed by atoms with Crippen LogP contribution in [0, 0.1) is 5.82 Å². The fourth-order valence-electron chi connectivity index (χ4n) is 0.871. The molecule has 0 saturated heterocycles. The Balaban J connectivity index is 3.03. The number of hydrogen-bond donors (Lipinski definition) is 1. The summed E-state index contributed by atoms with van der Waals surface area (Å²) in [6.45, 7) is 0. The van der Waals surface area contributed by atoms with E-state index in [0.717, 1.165) is 12.1 Å². The van der Waals surface area contributed by atoms with Crippen molar-refractivity contribution < 1.29 is 22.7 Å². The lowest BCUT2D eigenvalue weighted by molar-refractivity contribution is -0.206. The summed E-state index contributed by atoms with van der Waals surface area (Å²) < 4.78 is 48.8. The van der Waals surface area contributed by atoms with E-state index >= 15 is 0 Å². The molecule has 1 rings (SSSR count). The first-order chi connectivity index (χ1) is 6.32. The molecule has 0 heterocycles. The molecule has 0 radical (unpaired) electrons. The van der Waals surface area contributed by atoms with Gasteiger partial charge in [0.25, 0.3) is 0 Å². The maximum atomic E-state index is 12.8. The van der Waals surface area contributed by atoms with Gasteiger partial charge in [0.15, 0.2) is 6.10 Å². The molecular weight excluding hydrogens is 268 g/mol. The van der Waals surface area contributed by atoms with Crippen LogP contribution in [0.3, 0.4) is 0 Å². The first-order valence-corrected chi connectivity index (χ1v) is 4.31. The van der Waals surface area contributed by atoms with Crippen LogP contribution in [0.25, 0.3) is 0 Å². The lowest BCUT2D eigenvalue weighted by Gasteiger charge is -2.14. The van der Waals surface area contributed by atoms with Gasteiger partial charge in [-0.2, -0.15) is 13.2 Å². The minimum Gasteiger partial charge on any atom is -0.379 e. The molecule has 1 aromatic carbocycles. The van der Waals surface area contributed by atoms with Gasteiger partial charge in [0.2, 0.25) is 0 Å². The number of aliphatic hydroxyl groups excluding tert-OH is 1. The van der Waals surface area contributed by atoms with Crippen molar-refractivity contribution in [1.29, 1.82) is 0 Å². The van der Waals surface area contributed by atoms with E-state index in [1.807, 2.05) is 0 Å². The molecule has 1 aromatic rings. The normalized spacial score (nSPS) is 14.1. The summed E-state index contributed by atoms with van der Waals surface area (Å²) in [5, 5.41) is 8.77. The van der Waals surface area contributed by atoms with Gasteiger partial charge in [0, 0.05) is 0 Å². The van der Waals surface area contributed by atoms with E-state index in [4.69, 9.17) is 5.11 Å². The molecular formula is C8H5BrF4O. The Morgan fingerprint density at radius 3 is 2.29 bits per heavy atom. The maximum absolute atomic E-state index is 12.8. The third-order valence-electron chi connectivity index (χ3n) is 1.57. The lowest BCUT2D eigenvalue weighted by atomic mass is 10.1. The second kappa shape index (κ2) is 3.86. The van der Waals surface area contributed by atoms with Crippen LogP contribution in [0.5, 0.6) is 0 Å². The van der Waals surface area contributed by atoms with Crippen LogP contribution < -0.4 is 0 Å². The second-order valence-electron chi connectivity index (χ2n) is 2.62. The third kappa shape index (κ3) is 2.45. The van der Waals surface area contributed by atoms with Gasteiger partial charge in [-0.25, -0.2) is 4.39 Å². The Labute approximate surface area is 85.5 Å². The van der Waals surface area contributed by atoms with E-state index in [1.54, 1.807) is 0 Å². The standard InChI is InChI=1S/C8H5BrF4O/c9-5-2-1-4(3-6(5)10)7(14)8(11,12)13/h1-3,7,14H/t7-/m0/s1. The zero-order valence-electron chi connectivity index (χ0n) is 6.65. The van der Waals surface area contributed by atoms with E-state index in [0.29, 0.717) is 6.07 Å². The summed E-state index contributed by atoms with van der Waals surface area (Å²) in [6.07, 6.45) is -7.43. The fourth-order valence-corrected chi connectivity index (χ4v) is 1.12. The topological polar surface area (TPSA) is 20.2 Å². The summed E-state index contributed by atoms with van der Waals surface area (Å²) in [6, 6.07) is 2.76. The van der Waals surface area contributed by atoms with Crippen LogP contribution >= 0.6 is 15.9 Å². The summed E-state index contributed by atoms with van der Waals surface area (Å²) in [5.41, 5.74) is -0.516. The Morgan fingerprint density at radius 1 is 1.29 bits per heavy atom. The summed E-state index contributed by atoms with van der Waals surface area (Å²) in [4.78, 5) is 0. The van der Waals surface area contributed by atoms with Crippen LogP contribution in [0.1, 0.15) is 11.7 Å². The van der Waals surface area contributed by atoms with Crippen molar-refractivity contribution in [3.8, 4) is 0 Å². The number of benzene rings is 1. The zero-order valence-corrected chi connectivity index (χ0v) is 8.23. The van der Waals surface area contributed by atoms with E-state index in [1.165, 1.54) is 0 Å². The first-order valence-electron chi connectivity index (χ1n) is 3.52. The molecule has 78 valence electrons. The molecule has 0 aliphatic rings. The van der Waals surface area contributed by atoms with Crippen LogP contribution in [-0.2, 0) is 0 Å². The van der Waals surface area contributed by atoms with Gasteiger partial charge in [-0.05, 0) is 33.6 Å². The van der Waals surface area contributed by atoms with Crippen molar-refractivity contribution in [1.82, 2.24) is 0 Å². The van der Waals surface area contributed by atoms with E-state index < -0.39 is 23.7 Å². The molecule has 0 amide bonds. The second-order valence-corrected chi connectivity index (χ2v) is 3.47. The molecule has 0 bridgehead atoms. The lowest BCUT2D eigenvalue weighted by Crippen LogP contribution is -2.20. The van der Waals surface area contributed by atoms with Gasteiger partial charge >= 0.3 is 6.18 Å². The summed E-state index contributed by atoms with van der Waals surface area (Å²) >= 11 is 2.79. The molecule has 0 aliphatic carbocycles. The highest BCUT2D eigenvalue weighted by atomic mass is 79.9. The monoisotopic (exact) mass is 272 g/mol. The first kappa shape index (κ1) is 11.5. The Morgan fingerprint density at radius 2 is 1.86 bits per heavy atom. The van der Waals surface area contributed by atoms with Crippen molar-refractivity contribution in [2.75, 3.05) is 0 Å². The Kier molecular flexibility index (Phi) is 3.16. The van der Waals surface area contributed by atoms with Crippen molar-refractivity contribution in [3.05, 3.63) is 34.1 Å². The minimum atomic E-state index is -4.78. The van der Waals surface area contributed by atoms with Crippen molar-refractivity contribution in [2.24, 2.45) is 0 Å². The molecule has 0 spiro atoms. The van der Waals surface area contributed by atoms with Gasteiger partial charge in [-0.15, -0.1) is 0 Å². The molecule has 0 fully saturated rings. The number of halogens is 5. The van der Waals surface area contributed by atoms with Crippen molar-refractivity contribution in [3.63, 3.8) is 0 Å². The van der Waals surface area contributed by atoms with E-state index in [2.05, 4.69) is 15.9 Å². The molecule has 1 atom stereocenters. The zero-order chi connectivity index (χ0) is 10.9. The summed E-state index contributed by atoms with van der Waals surface area (Å²) in [5.74, 6) is -0.842. The quantitative estimate of drug-likeness (QED) is 0.779. The van der Waals surface area contributed by atoms with Gasteiger partial charge in [-0.3, -0.25) is 0 Å². The predicted octanol–water partition coefficient (Wildman–Crippen LogP) is 3.18. The number of aliphatic hydroxyl groups is 1. The van der Waals surface area contributed by atoms with Gasteiger partial charge in [-0.1, -0.05) is 6.07 Å². The molecule has 14 heavy (non-hydrogen) atoms. The Hall–Kier alpha value is -0.620. The maximum Gasteiger partial charge on any atom is 0.418 e. The van der Waals surface area contributed by atoms with Crippen LogP contribution in [0.2, 0.25) is 0 Å². The molecule has 6 heteroatoms. The van der Waals surface area contributed by atoms with Gasteiger partial charge < -0.3 is 5.11 Å². The number of hydrogen-bond acceptors (Lipinski definition) is 1. The molecule has 0 aromatic heterocycles. The van der Waals surface area contributed by atoms with Crippen LogP contribution in [0.4, 0.5) is 17.6 Å². The minimum absolute atomic E-state index is 0.0515. The smallest absolute Gasteiger partial charge is 0.379 e. The highest BCUT2D eigenvalue weighted by molar-refractivity contribution is 9.10. The van der Waals surface area contributed by atoms with Crippen molar-refractivity contribution in [2.45, 2.75) is 12.3 Å². The molecule has 1 nitrogen and oxygen atoms in total. The van der Waals surface area contributed by atoms with Crippen molar-refractivity contribution >= 4 is 15.9 Å². The highest BCUT2D eigenvalue weighted by Gasteiger charge is 2.39. The van der Waals surface area contributed by atoms with Crippen LogP contribution in [-0.4, -0.2) is 11.3 Å².